The molecule has 2 fully saturated rings. The fourth-order valence-electron chi connectivity index (χ4n) is 3.23. The van der Waals surface area contributed by atoms with Crippen LogP contribution in [0.5, 0.6) is 0 Å². The molecule has 0 unspecified atom stereocenters. The second kappa shape index (κ2) is 14.1. The highest BCUT2D eigenvalue weighted by Crippen LogP contribution is 2.33. The molecule has 2 saturated heterocycles. The molecular weight excluding hydrogens is 488 g/mol. The summed E-state index contributed by atoms with van der Waals surface area (Å²) >= 11 is 0. The van der Waals surface area contributed by atoms with E-state index in [9.17, 15) is 35.4 Å². The maximum Gasteiger partial charge on any atom is 0.219 e. The number of ketones is 1. The van der Waals surface area contributed by atoms with Gasteiger partial charge in [0.1, 0.15) is 67.6 Å². The second-order valence-corrected chi connectivity index (χ2v) is 7.89. The molecule has 0 saturated carbocycles. The van der Waals surface area contributed by atoms with Gasteiger partial charge in [0.25, 0.3) is 0 Å². The van der Waals surface area contributed by atoms with Crippen molar-refractivity contribution < 1.29 is 85.4 Å². The van der Waals surface area contributed by atoms with E-state index in [4.69, 9.17) is 50.0 Å². The van der Waals surface area contributed by atoms with Gasteiger partial charge >= 0.3 is 0 Å². The lowest BCUT2D eigenvalue weighted by molar-refractivity contribution is -0.318. The van der Waals surface area contributed by atoms with Gasteiger partial charge in [-0.1, -0.05) is 0 Å². The number of carbonyl (C=O) groups is 1. The average Bonchev–Trinajstić information content (AvgIpc) is 3.12. The molecule has 0 aromatic rings. The molecule has 17 heteroatoms. The van der Waals surface area contributed by atoms with Crippen molar-refractivity contribution in [2.24, 2.45) is 0 Å². The highest BCUT2D eigenvalue weighted by atomic mass is 16.7. The van der Waals surface area contributed by atoms with E-state index in [-0.39, 0.29) is 0 Å². The normalized spacial score (nSPS) is 39.9. The van der Waals surface area contributed by atoms with Crippen LogP contribution in [-0.2, 0) is 19.0 Å². The van der Waals surface area contributed by atoms with Crippen molar-refractivity contribution in [2.75, 3.05) is 33.0 Å². The standard InChI is InChI=1S/C12H22O11.C6H12O6/c13-1-4-6(16)7(17)8(18)11(21-4)22-9-5(2-14)23-12(20,3-15)10(9)19;7-1-3(9)5(11)6(12)4(10)2-8/h4-11,13-20H,1-3H2;3,5-9,11-12H,1-2H2/t4-,5-,6+,7+,8-,9-,10+,11+,12-;3-,5-,6-/m11/s1. The molecule has 35 heavy (non-hydrogen) atoms. The summed E-state index contributed by atoms with van der Waals surface area (Å²) in [4.78, 5) is 10.5. The van der Waals surface area contributed by atoms with Crippen LogP contribution in [0.1, 0.15) is 0 Å². The van der Waals surface area contributed by atoms with Crippen molar-refractivity contribution in [1.82, 2.24) is 0 Å². The summed E-state index contributed by atoms with van der Waals surface area (Å²) in [5.41, 5.74) is 0. The summed E-state index contributed by atoms with van der Waals surface area (Å²) in [5.74, 6) is -3.37. The number of ether oxygens (including phenoxy) is 3. The van der Waals surface area contributed by atoms with Crippen LogP contribution in [0.4, 0.5) is 0 Å². The minimum atomic E-state index is -2.37. The van der Waals surface area contributed by atoms with E-state index < -0.39 is 112 Å². The largest absolute Gasteiger partial charge is 0.394 e. The molecule has 2 aliphatic rings. The number of aliphatic hydroxyl groups is 13. The van der Waals surface area contributed by atoms with Gasteiger partial charge in [0.15, 0.2) is 12.1 Å². The molecule has 17 nitrogen and oxygen atoms in total. The number of rotatable bonds is 10. The highest BCUT2D eigenvalue weighted by molar-refractivity contribution is 5.84. The quantitative estimate of drug-likeness (QED) is 0.127. The van der Waals surface area contributed by atoms with Crippen molar-refractivity contribution in [1.29, 1.82) is 0 Å². The van der Waals surface area contributed by atoms with Gasteiger partial charge in [-0.3, -0.25) is 4.79 Å². The zero-order chi connectivity index (χ0) is 27.1. The first-order valence-corrected chi connectivity index (χ1v) is 10.4. The fourth-order valence-corrected chi connectivity index (χ4v) is 3.23. The third-order valence-corrected chi connectivity index (χ3v) is 5.43. The summed E-state index contributed by atoms with van der Waals surface area (Å²) in [6, 6.07) is 0. The van der Waals surface area contributed by atoms with Crippen molar-refractivity contribution in [3.8, 4) is 0 Å². The summed E-state index contributed by atoms with van der Waals surface area (Å²) < 4.78 is 15.3. The van der Waals surface area contributed by atoms with Crippen LogP contribution < -0.4 is 0 Å². The van der Waals surface area contributed by atoms with Gasteiger partial charge in [-0.2, -0.15) is 0 Å². The molecule has 0 bridgehead atoms. The van der Waals surface area contributed by atoms with Crippen LogP contribution >= 0.6 is 0 Å². The molecule has 208 valence electrons. The lowest BCUT2D eigenvalue weighted by Gasteiger charge is -2.41. The zero-order valence-corrected chi connectivity index (χ0v) is 18.3. The molecule has 0 spiro atoms. The molecule has 12 atom stereocenters. The number of hydrogen-bond acceptors (Lipinski definition) is 17. The molecule has 0 amide bonds. The molecule has 2 rings (SSSR count). The number of hydrogen-bond donors (Lipinski definition) is 13. The van der Waals surface area contributed by atoms with E-state index >= 15 is 0 Å². The third-order valence-electron chi connectivity index (χ3n) is 5.43. The number of aliphatic hydroxyl groups excluding tert-OH is 12. The van der Waals surface area contributed by atoms with Gasteiger partial charge in [-0.05, 0) is 0 Å². The highest BCUT2D eigenvalue weighted by Gasteiger charge is 2.56. The Labute approximate surface area is 198 Å². The summed E-state index contributed by atoms with van der Waals surface area (Å²) in [6.45, 7) is -4.01. The van der Waals surface area contributed by atoms with Gasteiger partial charge < -0.3 is 80.6 Å². The average molecular weight is 522 g/mol. The van der Waals surface area contributed by atoms with E-state index in [2.05, 4.69) is 0 Å². The fraction of sp³-hybridized carbons (Fsp3) is 0.944. The predicted molar refractivity (Wildman–Crippen MR) is 106 cm³/mol. The first-order valence-electron chi connectivity index (χ1n) is 10.4. The Morgan fingerprint density at radius 1 is 0.886 bits per heavy atom. The Morgan fingerprint density at radius 2 is 1.46 bits per heavy atom. The van der Waals surface area contributed by atoms with Crippen LogP contribution in [0.2, 0.25) is 0 Å². The molecule has 0 aliphatic carbocycles. The van der Waals surface area contributed by atoms with Gasteiger partial charge in [0, 0.05) is 0 Å². The van der Waals surface area contributed by atoms with Gasteiger partial charge in [-0.15, -0.1) is 0 Å². The SMILES string of the molecule is O=C(CO)[C@@H](O)[C@H](O)[C@H](O)CO.OC[C@H]1O[C@@H](O[C@@H]2[C@@H](CO)O[C@](O)(CO)[C@H]2O)[C@H](O)[C@@H](O)[C@H]1O. The summed E-state index contributed by atoms with van der Waals surface area (Å²) in [5, 5.41) is 120. The maximum absolute atomic E-state index is 10.5. The first kappa shape index (κ1) is 32.1. The lowest BCUT2D eigenvalue weighted by Crippen LogP contribution is -2.60. The molecule has 0 aromatic carbocycles. The Kier molecular flexibility index (Phi) is 12.9. The Hall–Kier alpha value is -0.970. The van der Waals surface area contributed by atoms with E-state index in [1.54, 1.807) is 0 Å². The van der Waals surface area contributed by atoms with Gasteiger partial charge in [0.05, 0.1) is 26.4 Å². The van der Waals surface area contributed by atoms with Crippen molar-refractivity contribution in [2.45, 2.75) is 73.1 Å². The van der Waals surface area contributed by atoms with Crippen molar-refractivity contribution in [3.63, 3.8) is 0 Å². The van der Waals surface area contributed by atoms with Gasteiger partial charge in [-0.25, -0.2) is 0 Å². The second-order valence-electron chi connectivity index (χ2n) is 7.89. The van der Waals surface area contributed by atoms with Crippen molar-refractivity contribution in [3.05, 3.63) is 0 Å². The van der Waals surface area contributed by atoms with Crippen LogP contribution in [0, 0.1) is 0 Å². The van der Waals surface area contributed by atoms with Crippen molar-refractivity contribution >= 4 is 5.78 Å². The van der Waals surface area contributed by atoms with Crippen LogP contribution in [0.25, 0.3) is 0 Å². The Balaban J connectivity index is 0.000000434. The van der Waals surface area contributed by atoms with E-state index in [0.717, 1.165) is 0 Å². The smallest absolute Gasteiger partial charge is 0.219 e. The minimum Gasteiger partial charge on any atom is -0.394 e. The van der Waals surface area contributed by atoms with E-state index in [1.165, 1.54) is 0 Å². The number of carbonyl (C=O) groups excluding carboxylic acids is 1. The van der Waals surface area contributed by atoms with E-state index in [0.29, 0.717) is 0 Å². The molecule has 0 aromatic heterocycles. The third kappa shape index (κ3) is 7.52. The van der Waals surface area contributed by atoms with Crippen LogP contribution in [-0.4, -0.2) is 178 Å². The first-order chi connectivity index (χ1) is 16.3. The topological polar surface area (TPSA) is 308 Å². The molecule has 13 N–H and O–H groups in total. The van der Waals surface area contributed by atoms with Crippen LogP contribution in [0.3, 0.4) is 0 Å². The zero-order valence-electron chi connectivity index (χ0n) is 18.3. The Morgan fingerprint density at radius 3 is 1.91 bits per heavy atom. The number of Topliss-reactive ketones (excluding diaryl/α,β-unsaturated/α-hetero) is 1. The van der Waals surface area contributed by atoms with E-state index in [1.807, 2.05) is 0 Å². The summed E-state index contributed by atoms with van der Waals surface area (Å²) in [7, 11) is 0. The molecular formula is C18H34O17. The monoisotopic (exact) mass is 522 g/mol. The molecule has 2 heterocycles. The van der Waals surface area contributed by atoms with Crippen LogP contribution in [0.15, 0.2) is 0 Å². The lowest BCUT2D eigenvalue weighted by atomic mass is 9.99. The Bertz CT molecular complexity index is 636. The minimum absolute atomic E-state index is 0.668. The summed E-state index contributed by atoms with van der Waals surface area (Å²) in [6.07, 6.45) is -17.4. The molecule has 0 radical (unpaired) electrons. The predicted octanol–water partition coefficient (Wildman–Crippen LogP) is -8.77. The van der Waals surface area contributed by atoms with Gasteiger partial charge in [0.2, 0.25) is 5.79 Å². The molecule has 2 aliphatic heterocycles. The maximum atomic E-state index is 10.5.